The first kappa shape index (κ1) is 35.6. The number of aliphatic hydroxyl groups excluding tert-OH is 1. The van der Waals surface area contributed by atoms with Gasteiger partial charge in [0.05, 0.1) is 30.4 Å². The molecule has 2 aromatic rings. The molecule has 12 heteroatoms. The quantitative estimate of drug-likeness (QED) is 0.328. The molecule has 1 aliphatic heterocycles. The molecular formula is C33H48FN5O6. The van der Waals surface area contributed by atoms with E-state index in [9.17, 15) is 23.9 Å². The van der Waals surface area contributed by atoms with E-state index in [1.54, 1.807) is 37.1 Å². The number of nitrogens with zero attached hydrogens (tertiary/aromatic N) is 2. The van der Waals surface area contributed by atoms with Crippen LogP contribution in [-0.2, 0) is 4.74 Å². The van der Waals surface area contributed by atoms with Gasteiger partial charge < -0.3 is 40.3 Å². The second kappa shape index (κ2) is 17.0. The first-order valence-electron chi connectivity index (χ1n) is 15.6. The molecule has 0 spiro atoms. The number of aliphatic hydroxyl groups is 1. The Morgan fingerprint density at radius 1 is 1.07 bits per heavy atom. The molecule has 1 heterocycles. The Bertz CT molecular complexity index is 1280. The predicted molar refractivity (Wildman–Crippen MR) is 172 cm³/mol. The van der Waals surface area contributed by atoms with Crippen molar-refractivity contribution in [2.45, 2.75) is 78.2 Å². The standard InChI is InChI=1S/C33H48FN5O6/c1-21(2)35-32(42)36-27-14-15-29-28(17-27)31(41)39(23(4)20-40)18-22(3)30(44-16-8-7-9-24(5)45-29)19-38(6)33(43)37-26-12-10-25(34)11-13-26/h10-15,17,21-24,30,40H,7-9,16,18-20H2,1-6H3,(H,37,43)(H2,35,36,42)/t22-,23+,24+,30-/m0/s1. The van der Waals surface area contributed by atoms with Gasteiger partial charge in [-0.2, -0.15) is 0 Å². The van der Waals surface area contributed by atoms with Crippen LogP contribution in [-0.4, -0.2) is 90.5 Å². The summed E-state index contributed by atoms with van der Waals surface area (Å²) in [5.74, 6) is -0.607. The van der Waals surface area contributed by atoms with Crippen molar-refractivity contribution in [3.8, 4) is 5.75 Å². The molecule has 0 bridgehead atoms. The highest BCUT2D eigenvalue weighted by Crippen LogP contribution is 2.28. The lowest BCUT2D eigenvalue weighted by molar-refractivity contribution is -0.0115. The van der Waals surface area contributed by atoms with Crippen molar-refractivity contribution < 1.29 is 33.4 Å². The topological polar surface area (TPSA) is 132 Å². The monoisotopic (exact) mass is 629 g/mol. The average molecular weight is 630 g/mol. The van der Waals surface area contributed by atoms with Gasteiger partial charge in [0, 0.05) is 50.1 Å². The molecule has 5 amide bonds. The maximum Gasteiger partial charge on any atom is 0.321 e. The SMILES string of the molecule is CC(C)NC(=O)Nc1ccc2c(c1)C(=O)N([C@H](C)CO)C[C@H](C)[C@H](CN(C)C(=O)Nc1ccc(F)cc1)OCCCC[C@@H](C)O2. The average Bonchev–Trinajstić information content (AvgIpc) is 2.99. The lowest BCUT2D eigenvalue weighted by atomic mass is 10.0. The molecule has 1 aliphatic rings. The number of hydrogen-bond donors (Lipinski definition) is 4. The molecule has 248 valence electrons. The molecule has 0 unspecified atom stereocenters. The van der Waals surface area contributed by atoms with Gasteiger partial charge >= 0.3 is 12.1 Å². The predicted octanol–water partition coefficient (Wildman–Crippen LogP) is 5.32. The highest BCUT2D eigenvalue weighted by atomic mass is 19.1. The van der Waals surface area contributed by atoms with Crippen LogP contribution in [0.4, 0.5) is 25.4 Å². The van der Waals surface area contributed by atoms with Crippen LogP contribution in [0.3, 0.4) is 0 Å². The number of likely N-dealkylation sites (N-methyl/N-ethyl adjacent to an activating group) is 1. The Morgan fingerprint density at radius 2 is 1.76 bits per heavy atom. The molecule has 0 fully saturated rings. The van der Waals surface area contributed by atoms with Crippen LogP contribution in [0.2, 0.25) is 0 Å². The first-order valence-corrected chi connectivity index (χ1v) is 15.6. The van der Waals surface area contributed by atoms with Gasteiger partial charge in [-0.25, -0.2) is 14.0 Å². The van der Waals surface area contributed by atoms with E-state index in [-0.39, 0.29) is 55.3 Å². The largest absolute Gasteiger partial charge is 0.490 e. The summed E-state index contributed by atoms with van der Waals surface area (Å²) >= 11 is 0. The molecule has 0 saturated heterocycles. The van der Waals surface area contributed by atoms with Crippen molar-refractivity contribution in [1.29, 1.82) is 0 Å². The van der Waals surface area contributed by atoms with Crippen molar-refractivity contribution in [3.05, 3.63) is 53.8 Å². The maximum absolute atomic E-state index is 14.2. The van der Waals surface area contributed by atoms with Crippen LogP contribution in [0.25, 0.3) is 0 Å². The zero-order valence-corrected chi connectivity index (χ0v) is 27.1. The molecule has 3 rings (SSSR count). The number of rotatable bonds is 7. The number of ether oxygens (including phenoxy) is 2. The minimum atomic E-state index is -0.542. The Hall–Kier alpha value is -3.90. The van der Waals surface area contributed by atoms with E-state index in [2.05, 4.69) is 16.0 Å². The maximum atomic E-state index is 14.2. The van der Waals surface area contributed by atoms with Crippen molar-refractivity contribution in [3.63, 3.8) is 0 Å². The highest BCUT2D eigenvalue weighted by Gasteiger charge is 2.31. The van der Waals surface area contributed by atoms with Gasteiger partial charge in [0.25, 0.3) is 5.91 Å². The molecule has 0 aromatic heterocycles. The molecule has 11 nitrogen and oxygen atoms in total. The summed E-state index contributed by atoms with van der Waals surface area (Å²) < 4.78 is 25.9. The van der Waals surface area contributed by atoms with Crippen LogP contribution in [0.1, 0.15) is 64.2 Å². The number of carbonyl (C=O) groups excluding carboxylic acids is 3. The summed E-state index contributed by atoms with van der Waals surface area (Å²) in [6.45, 7) is 9.99. The number of benzene rings is 2. The van der Waals surface area contributed by atoms with Gasteiger partial charge in [-0.05, 0) is 89.4 Å². The fourth-order valence-electron chi connectivity index (χ4n) is 5.00. The molecule has 45 heavy (non-hydrogen) atoms. The van der Waals surface area contributed by atoms with Gasteiger partial charge in [-0.15, -0.1) is 0 Å². The van der Waals surface area contributed by atoms with E-state index >= 15 is 0 Å². The first-order chi connectivity index (χ1) is 21.4. The summed E-state index contributed by atoms with van der Waals surface area (Å²) in [6, 6.07) is 9.12. The van der Waals surface area contributed by atoms with Crippen molar-refractivity contribution in [1.82, 2.24) is 15.1 Å². The smallest absolute Gasteiger partial charge is 0.321 e. The van der Waals surface area contributed by atoms with Crippen LogP contribution >= 0.6 is 0 Å². The van der Waals surface area contributed by atoms with Gasteiger partial charge in [-0.1, -0.05) is 6.92 Å². The number of fused-ring (bicyclic) bond motifs is 1. The van der Waals surface area contributed by atoms with E-state index in [1.165, 1.54) is 29.2 Å². The van der Waals surface area contributed by atoms with Crippen LogP contribution in [0.15, 0.2) is 42.5 Å². The number of halogens is 1. The summed E-state index contributed by atoms with van der Waals surface area (Å²) in [5.41, 5.74) is 1.16. The molecular weight excluding hydrogens is 581 g/mol. The second-order valence-electron chi connectivity index (χ2n) is 12.1. The fourth-order valence-corrected chi connectivity index (χ4v) is 5.00. The minimum absolute atomic E-state index is 0.0707. The van der Waals surface area contributed by atoms with E-state index in [4.69, 9.17) is 9.47 Å². The summed E-state index contributed by atoms with van der Waals surface area (Å²) in [5, 5.41) is 18.5. The van der Waals surface area contributed by atoms with Gasteiger partial charge in [0.15, 0.2) is 0 Å². The summed E-state index contributed by atoms with van der Waals surface area (Å²) in [6.07, 6.45) is 1.71. The summed E-state index contributed by atoms with van der Waals surface area (Å²) in [7, 11) is 1.65. The fraction of sp³-hybridized carbons (Fsp3) is 0.545. The molecule has 0 radical (unpaired) electrons. The highest BCUT2D eigenvalue weighted by molar-refractivity contribution is 5.99. The van der Waals surface area contributed by atoms with Gasteiger partial charge in [0.2, 0.25) is 0 Å². The molecule has 2 aromatic carbocycles. The molecule has 0 saturated carbocycles. The van der Waals surface area contributed by atoms with E-state index in [0.717, 1.165) is 19.3 Å². The van der Waals surface area contributed by atoms with Gasteiger partial charge in [0.1, 0.15) is 11.6 Å². The third kappa shape index (κ3) is 10.9. The lowest BCUT2D eigenvalue weighted by Crippen LogP contribution is -2.48. The lowest BCUT2D eigenvalue weighted by Gasteiger charge is -2.35. The number of anilines is 2. The number of urea groups is 2. The second-order valence-corrected chi connectivity index (χ2v) is 12.1. The van der Waals surface area contributed by atoms with Crippen LogP contribution in [0, 0.1) is 11.7 Å². The summed E-state index contributed by atoms with van der Waals surface area (Å²) in [4.78, 5) is 42.7. The number of hydrogen-bond acceptors (Lipinski definition) is 6. The van der Waals surface area contributed by atoms with Crippen molar-refractivity contribution in [2.24, 2.45) is 5.92 Å². The third-order valence-corrected chi connectivity index (χ3v) is 7.63. The Morgan fingerprint density at radius 3 is 2.42 bits per heavy atom. The molecule has 4 N–H and O–H groups in total. The van der Waals surface area contributed by atoms with Crippen LogP contribution < -0.4 is 20.7 Å². The van der Waals surface area contributed by atoms with Crippen LogP contribution in [0.5, 0.6) is 5.75 Å². The van der Waals surface area contributed by atoms with Crippen molar-refractivity contribution in [2.75, 3.05) is 44.0 Å². The molecule has 4 atom stereocenters. The Kier molecular flexibility index (Phi) is 13.4. The van der Waals surface area contributed by atoms with Gasteiger partial charge in [-0.3, -0.25) is 4.79 Å². The minimum Gasteiger partial charge on any atom is -0.490 e. The third-order valence-electron chi connectivity index (χ3n) is 7.63. The number of carbonyl (C=O) groups is 3. The van der Waals surface area contributed by atoms with E-state index < -0.39 is 24.0 Å². The van der Waals surface area contributed by atoms with E-state index in [1.807, 2.05) is 27.7 Å². The Balaban J connectivity index is 1.88. The van der Waals surface area contributed by atoms with Crippen molar-refractivity contribution >= 4 is 29.3 Å². The zero-order valence-electron chi connectivity index (χ0n) is 27.1. The molecule has 0 aliphatic carbocycles. The van der Waals surface area contributed by atoms with E-state index in [0.29, 0.717) is 23.7 Å². The zero-order chi connectivity index (χ0) is 33.1. The normalized spacial score (nSPS) is 20.3. The Labute approximate surface area is 265 Å². The number of nitrogens with one attached hydrogen (secondary N) is 3. The number of amides is 5.